The molecule has 0 unspecified atom stereocenters. The number of benzene rings is 1. The molecule has 2 rings (SSSR count). The Kier molecular flexibility index (Phi) is 3.09. The molecule has 0 radical (unpaired) electrons. The molecule has 1 N–H and O–H groups in total. The van der Waals surface area contributed by atoms with Gasteiger partial charge in [0.05, 0.1) is 0 Å². The summed E-state index contributed by atoms with van der Waals surface area (Å²) in [6.45, 7) is 3.30. The highest BCUT2D eigenvalue weighted by Crippen LogP contribution is 2.32. The quantitative estimate of drug-likeness (QED) is 0.806. The van der Waals surface area contributed by atoms with Crippen molar-refractivity contribution in [2.24, 2.45) is 0 Å². The highest BCUT2D eigenvalue weighted by Gasteiger charge is 2.21. The Balaban J connectivity index is 2.14. The van der Waals surface area contributed by atoms with Crippen LogP contribution in [0.15, 0.2) is 18.2 Å². The lowest BCUT2D eigenvalue weighted by Gasteiger charge is -2.12. The highest BCUT2D eigenvalue weighted by molar-refractivity contribution is 6.30. The second kappa shape index (κ2) is 4.33. The van der Waals surface area contributed by atoms with E-state index < -0.39 is 0 Å². The van der Waals surface area contributed by atoms with Gasteiger partial charge in [0.25, 0.3) is 0 Å². The molecule has 0 aliphatic heterocycles. The fourth-order valence-corrected chi connectivity index (χ4v) is 2.31. The lowest BCUT2D eigenvalue weighted by atomic mass is 10.1. The van der Waals surface area contributed by atoms with Crippen molar-refractivity contribution in [2.75, 3.05) is 6.54 Å². The summed E-state index contributed by atoms with van der Waals surface area (Å²) in [5.41, 5.74) is 2.87. The number of rotatable bonds is 3. The Bertz CT molecular complexity index is 322. The van der Waals surface area contributed by atoms with Crippen LogP contribution in [0.25, 0.3) is 0 Å². The first-order valence-electron chi connectivity index (χ1n) is 5.33. The van der Waals surface area contributed by atoms with Gasteiger partial charge in [0.2, 0.25) is 0 Å². The van der Waals surface area contributed by atoms with Crippen molar-refractivity contribution in [3.8, 4) is 0 Å². The molecule has 1 nitrogen and oxygen atoms in total. The Morgan fingerprint density at radius 1 is 1.50 bits per heavy atom. The van der Waals surface area contributed by atoms with Gasteiger partial charge in [-0.3, -0.25) is 0 Å². The minimum absolute atomic E-state index is 0.558. The van der Waals surface area contributed by atoms with Crippen LogP contribution in [0, 0.1) is 0 Å². The van der Waals surface area contributed by atoms with Crippen molar-refractivity contribution in [1.29, 1.82) is 0 Å². The zero-order valence-corrected chi connectivity index (χ0v) is 9.27. The lowest BCUT2D eigenvalue weighted by molar-refractivity contribution is 0.529. The fourth-order valence-electron chi connectivity index (χ4n) is 2.12. The van der Waals surface area contributed by atoms with Crippen LogP contribution in [0.5, 0.6) is 0 Å². The molecular formula is C12H16ClN. The van der Waals surface area contributed by atoms with Crippen molar-refractivity contribution >= 4 is 11.6 Å². The largest absolute Gasteiger partial charge is 0.310 e. The molecule has 14 heavy (non-hydrogen) atoms. The van der Waals surface area contributed by atoms with E-state index >= 15 is 0 Å². The van der Waals surface area contributed by atoms with Crippen LogP contribution in [-0.4, -0.2) is 6.54 Å². The summed E-state index contributed by atoms with van der Waals surface area (Å²) in [6, 6.07) is 6.82. The van der Waals surface area contributed by atoms with Gasteiger partial charge in [-0.05, 0) is 49.1 Å². The normalized spacial score (nSPS) is 19.7. The molecule has 0 fully saturated rings. The van der Waals surface area contributed by atoms with Gasteiger partial charge in [0.1, 0.15) is 0 Å². The smallest absolute Gasteiger partial charge is 0.0408 e. The van der Waals surface area contributed by atoms with Crippen molar-refractivity contribution in [3.63, 3.8) is 0 Å². The van der Waals surface area contributed by atoms with Crippen LogP contribution >= 0.6 is 11.6 Å². The SMILES string of the molecule is CCCN[C@H]1CCc2cc(Cl)ccc21. The maximum absolute atomic E-state index is 5.96. The summed E-state index contributed by atoms with van der Waals surface area (Å²) in [6.07, 6.45) is 3.58. The molecule has 0 heterocycles. The minimum atomic E-state index is 0.558. The van der Waals surface area contributed by atoms with Gasteiger partial charge in [0, 0.05) is 11.1 Å². The van der Waals surface area contributed by atoms with Gasteiger partial charge < -0.3 is 5.32 Å². The zero-order chi connectivity index (χ0) is 9.97. The van der Waals surface area contributed by atoms with Crippen LogP contribution in [-0.2, 0) is 6.42 Å². The summed E-state index contributed by atoms with van der Waals surface area (Å²) in [5.74, 6) is 0. The summed E-state index contributed by atoms with van der Waals surface area (Å²) in [4.78, 5) is 0. The topological polar surface area (TPSA) is 12.0 Å². The van der Waals surface area contributed by atoms with Gasteiger partial charge in [-0.2, -0.15) is 0 Å². The lowest BCUT2D eigenvalue weighted by Crippen LogP contribution is -2.19. The van der Waals surface area contributed by atoms with Crippen molar-refractivity contribution < 1.29 is 0 Å². The van der Waals surface area contributed by atoms with Gasteiger partial charge in [-0.1, -0.05) is 24.6 Å². The molecule has 76 valence electrons. The van der Waals surface area contributed by atoms with E-state index in [9.17, 15) is 0 Å². The molecule has 0 amide bonds. The number of hydrogen-bond acceptors (Lipinski definition) is 1. The summed E-state index contributed by atoms with van der Waals surface area (Å²) < 4.78 is 0. The first-order chi connectivity index (χ1) is 6.81. The molecule has 2 heteroatoms. The second-order valence-electron chi connectivity index (χ2n) is 3.89. The molecule has 0 saturated carbocycles. The molecule has 0 spiro atoms. The van der Waals surface area contributed by atoms with E-state index in [1.165, 1.54) is 24.0 Å². The molecule has 0 saturated heterocycles. The number of halogens is 1. The van der Waals surface area contributed by atoms with E-state index in [0.717, 1.165) is 18.0 Å². The molecule has 0 bridgehead atoms. The van der Waals surface area contributed by atoms with E-state index in [1.807, 2.05) is 6.07 Å². The highest BCUT2D eigenvalue weighted by atomic mass is 35.5. The van der Waals surface area contributed by atoms with E-state index in [-0.39, 0.29) is 0 Å². The molecule has 0 aromatic heterocycles. The van der Waals surface area contributed by atoms with Crippen LogP contribution < -0.4 is 5.32 Å². The monoisotopic (exact) mass is 209 g/mol. The van der Waals surface area contributed by atoms with Gasteiger partial charge in [-0.25, -0.2) is 0 Å². The van der Waals surface area contributed by atoms with Gasteiger partial charge in [0.15, 0.2) is 0 Å². The third kappa shape index (κ3) is 1.94. The average molecular weight is 210 g/mol. The second-order valence-corrected chi connectivity index (χ2v) is 4.32. The van der Waals surface area contributed by atoms with Crippen LogP contribution in [0.1, 0.15) is 36.9 Å². The Labute approximate surface area is 90.5 Å². The van der Waals surface area contributed by atoms with Crippen molar-refractivity contribution in [1.82, 2.24) is 5.32 Å². The maximum atomic E-state index is 5.96. The van der Waals surface area contributed by atoms with E-state index in [4.69, 9.17) is 11.6 Å². The number of aryl methyl sites for hydroxylation is 1. The predicted octanol–water partition coefficient (Wildman–Crippen LogP) is 3.33. The molecule has 1 atom stereocenters. The Hall–Kier alpha value is -0.530. The van der Waals surface area contributed by atoms with Crippen molar-refractivity contribution in [3.05, 3.63) is 34.3 Å². The number of fused-ring (bicyclic) bond motifs is 1. The van der Waals surface area contributed by atoms with Crippen molar-refractivity contribution in [2.45, 2.75) is 32.2 Å². The van der Waals surface area contributed by atoms with Gasteiger partial charge >= 0.3 is 0 Å². The summed E-state index contributed by atoms with van der Waals surface area (Å²) in [5, 5.41) is 4.42. The maximum Gasteiger partial charge on any atom is 0.0408 e. The average Bonchev–Trinajstić information content (AvgIpc) is 2.57. The molecule has 1 aromatic rings. The number of hydrogen-bond donors (Lipinski definition) is 1. The third-order valence-corrected chi connectivity index (χ3v) is 3.06. The van der Waals surface area contributed by atoms with Gasteiger partial charge in [-0.15, -0.1) is 0 Å². The Morgan fingerprint density at radius 3 is 3.14 bits per heavy atom. The van der Waals surface area contributed by atoms with Crippen LogP contribution in [0.3, 0.4) is 0 Å². The van der Waals surface area contributed by atoms with E-state index in [1.54, 1.807) is 0 Å². The van der Waals surface area contributed by atoms with Crippen LogP contribution in [0.4, 0.5) is 0 Å². The first-order valence-corrected chi connectivity index (χ1v) is 5.70. The zero-order valence-electron chi connectivity index (χ0n) is 8.52. The summed E-state index contributed by atoms with van der Waals surface area (Å²) in [7, 11) is 0. The molecule has 1 aliphatic rings. The van der Waals surface area contributed by atoms with E-state index in [0.29, 0.717) is 6.04 Å². The molecule has 1 aromatic carbocycles. The van der Waals surface area contributed by atoms with E-state index in [2.05, 4.69) is 24.4 Å². The minimum Gasteiger partial charge on any atom is -0.310 e. The van der Waals surface area contributed by atoms with Crippen LogP contribution in [0.2, 0.25) is 5.02 Å². The first kappa shape index (κ1) is 10.0. The molecule has 1 aliphatic carbocycles. The fraction of sp³-hybridized carbons (Fsp3) is 0.500. The third-order valence-electron chi connectivity index (χ3n) is 2.82. The Morgan fingerprint density at radius 2 is 2.36 bits per heavy atom. The standard InChI is InChI=1S/C12H16ClN/c1-2-7-14-12-6-3-9-8-10(13)4-5-11(9)12/h4-5,8,12,14H,2-3,6-7H2,1H3/t12-/m0/s1. The predicted molar refractivity (Wildman–Crippen MR) is 60.8 cm³/mol. The summed E-state index contributed by atoms with van der Waals surface area (Å²) >= 11 is 5.96. The number of nitrogens with one attached hydrogen (secondary N) is 1. The molecular weight excluding hydrogens is 194 g/mol.